The van der Waals surface area contributed by atoms with Crippen molar-refractivity contribution in [2.24, 2.45) is 0 Å². The third-order valence-corrected chi connectivity index (χ3v) is 3.37. The second kappa shape index (κ2) is 7.47. The minimum Gasteiger partial charge on any atom is -0.497 e. The van der Waals surface area contributed by atoms with Crippen LogP contribution in [0.5, 0.6) is 5.75 Å². The number of hydrogen-bond donors (Lipinski definition) is 1. The number of aromatic nitrogens is 2. The van der Waals surface area contributed by atoms with Crippen molar-refractivity contribution in [1.82, 2.24) is 9.97 Å². The highest BCUT2D eigenvalue weighted by Crippen LogP contribution is 2.15. The SMILES string of the molecule is CCN(CC)c1cc(NCc2ccc(OC)cc2)ncn1. The zero-order valence-corrected chi connectivity index (χ0v) is 12.8. The summed E-state index contributed by atoms with van der Waals surface area (Å²) in [6.07, 6.45) is 1.60. The van der Waals surface area contributed by atoms with E-state index >= 15 is 0 Å². The van der Waals surface area contributed by atoms with E-state index in [0.29, 0.717) is 0 Å². The average Bonchev–Trinajstić information content (AvgIpc) is 2.55. The van der Waals surface area contributed by atoms with E-state index in [4.69, 9.17) is 4.74 Å². The Hall–Kier alpha value is -2.30. The van der Waals surface area contributed by atoms with E-state index in [2.05, 4.69) is 34.0 Å². The number of rotatable bonds is 7. The molecule has 1 heterocycles. The Morgan fingerprint density at radius 2 is 1.81 bits per heavy atom. The van der Waals surface area contributed by atoms with Crippen LogP contribution in [-0.4, -0.2) is 30.2 Å². The molecule has 0 aliphatic rings. The lowest BCUT2D eigenvalue weighted by Crippen LogP contribution is -2.23. The smallest absolute Gasteiger partial charge is 0.134 e. The van der Waals surface area contributed by atoms with Crippen molar-refractivity contribution >= 4 is 11.6 Å². The summed E-state index contributed by atoms with van der Waals surface area (Å²) < 4.78 is 5.15. The Kier molecular flexibility index (Phi) is 5.37. The van der Waals surface area contributed by atoms with Crippen LogP contribution in [0.25, 0.3) is 0 Å². The molecule has 21 heavy (non-hydrogen) atoms. The number of nitrogens with one attached hydrogen (secondary N) is 1. The second-order valence-electron chi connectivity index (χ2n) is 4.64. The third-order valence-electron chi connectivity index (χ3n) is 3.37. The summed E-state index contributed by atoms with van der Waals surface area (Å²) in [5, 5.41) is 3.32. The fourth-order valence-corrected chi connectivity index (χ4v) is 2.10. The molecule has 0 bridgehead atoms. The van der Waals surface area contributed by atoms with Gasteiger partial charge in [-0.25, -0.2) is 9.97 Å². The summed E-state index contributed by atoms with van der Waals surface area (Å²) in [5.41, 5.74) is 1.18. The van der Waals surface area contributed by atoms with Crippen molar-refractivity contribution in [3.05, 3.63) is 42.2 Å². The van der Waals surface area contributed by atoms with E-state index < -0.39 is 0 Å². The van der Waals surface area contributed by atoms with Gasteiger partial charge in [0.15, 0.2) is 0 Å². The van der Waals surface area contributed by atoms with Gasteiger partial charge in [-0.15, -0.1) is 0 Å². The van der Waals surface area contributed by atoms with Gasteiger partial charge in [0.2, 0.25) is 0 Å². The van der Waals surface area contributed by atoms with Gasteiger partial charge in [0.25, 0.3) is 0 Å². The van der Waals surface area contributed by atoms with Crippen LogP contribution in [-0.2, 0) is 6.54 Å². The van der Waals surface area contributed by atoms with Crippen molar-refractivity contribution in [3.63, 3.8) is 0 Å². The predicted octanol–water partition coefficient (Wildman–Crippen LogP) is 2.94. The molecule has 1 aromatic heterocycles. The standard InChI is InChI=1S/C16H22N4O/c1-4-20(5-2)16-10-15(18-12-19-16)17-11-13-6-8-14(21-3)9-7-13/h6-10,12H,4-5,11H2,1-3H3,(H,17,18,19). The molecule has 5 heteroatoms. The first-order chi connectivity index (χ1) is 10.3. The highest BCUT2D eigenvalue weighted by atomic mass is 16.5. The number of methoxy groups -OCH3 is 1. The predicted molar refractivity (Wildman–Crippen MR) is 85.9 cm³/mol. The average molecular weight is 286 g/mol. The number of benzene rings is 1. The Morgan fingerprint density at radius 1 is 1.10 bits per heavy atom. The Bertz CT molecular complexity index is 552. The zero-order valence-electron chi connectivity index (χ0n) is 12.8. The second-order valence-corrected chi connectivity index (χ2v) is 4.64. The Labute approximate surface area is 126 Å². The van der Waals surface area contributed by atoms with E-state index in [1.165, 1.54) is 5.56 Å². The number of ether oxygens (including phenoxy) is 1. The van der Waals surface area contributed by atoms with Gasteiger partial charge in [-0.3, -0.25) is 0 Å². The van der Waals surface area contributed by atoms with Gasteiger partial charge >= 0.3 is 0 Å². The van der Waals surface area contributed by atoms with Gasteiger partial charge in [-0.05, 0) is 31.5 Å². The molecule has 0 saturated heterocycles. The fraction of sp³-hybridized carbons (Fsp3) is 0.375. The highest BCUT2D eigenvalue weighted by molar-refractivity contribution is 5.48. The maximum Gasteiger partial charge on any atom is 0.134 e. The largest absolute Gasteiger partial charge is 0.497 e. The van der Waals surface area contributed by atoms with Crippen molar-refractivity contribution in [2.45, 2.75) is 20.4 Å². The molecule has 2 rings (SSSR count). The van der Waals surface area contributed by atoms with E-state index in [-0.39, 0.29) is 0 Å². The summed E-state index contributed by atoms with van der Waals surface area (Å²) in [6.45, 7) is 6.84. The van der Waals surface area contributed by atoms with Gasteiger partial charge in [-0.1, -0.05) is 12.1 Å². The summed E-state index contributed by atoms with van der Waals surface area (Å²) >= 11 is 0. The first kappa shape index (κ1) is 15.1. The highest BCUT2D eigenvalue weighted by Gasteiger charge is 2.05. The van der Waals surface area contributed by atoms with Gasteiger partial charge in [0, 0.05) is 25.7 Å². The molecule has 1 aromatic carbocycles. The monoisotopic (exact) mass is 286 g/mol. The molecular formula is C16H22N4O. The molecule has 5 nitrogen and oxygen atoms in total. The van der Waals surface area contributed by atoms with Crippen molar-refractivity contribution in [3.8, 4) is 5.75 Å². The Balaban J connectivity index is 2.00. The summed E-state index contributed by atoms with van der Waals surface area (Å²) in [4.78, 5) is 10.8. The first-order valence-electron chi connectivity index (χ1n) is 7.20. The summed E-state index contributed by atoms with van der Waals surface area (Å²) in [5.74, 6) is 2.65. The van der Waals surface area contributed by atoms with E-state index in [1.807, 2.05) is 30.3 Å². The van der Waals surface area contributed by atoms with E-state index in [9.17, 15) is 0 Å². The van der Waals surface area contributed by atoms with Crippen LogP contribution in [0, 0.1) is 0 Å². The maximum atomic E-state index is 5.15. The molecule has 0 atom stereocenters. The molecule has 0 spiro atoms. The number of hydrogen-bond acceptors (Lipinski definition) is 5. The van der Waals surface area contributed by atoms with Crippen LogP contribution < -0.4 is 15.0 Å². The molecule has 0 amide bonds. The van der Waals surface area contributed by atoms with Gasteiger partial charge < -0.3 is 15.0 Å². The van der Waals surface area contributed by atoms with Crippen molar-refractivity contribution < 1.29 is 4.74 Å². The van der Waals surface area contributed by atoms with Crippen molar-refractivity contribution in [2.75, 3.05) is 30.4 Å². The van der Waals surface area contributed by atoms with Crippen LogP contribution in [0.4, 0.5) is 11.6 Å². The normalized spacial score (nSPS) is 10.2. The molecule has 2 aromatic rings. The quantitative estimate of drug-likeness (QED) is 0.848. The van der Waals surface area contributed by atoms with Crippen LogP contribution in [0.2, 0.25) is 0 Å². The van der Waals surface area contributed by atoms with Crippen LogP contribution in [0.3, 0.4) is 0 Å². The minimum atomic E-state index is 0.721. The lowest BCUT2D eigenvalue weighted by Gasteiger charge is -2.19. The zero-order chi connectivity index (χ0) is 15.1. The van der Waals surface area contributed by atoms with Crippen LogP contribution >= 0.6 is 0 Å². The molecule has 112 valence electrons. The van der Waals surface area contributed by atoms with Gasteiger partial charge in [-0.2, -0.15) is 0 Å². The molecule has 1 N–H and O–H groups in total. The minimum absolute atomic E-state index is 0.721. The third kappa shape index (κ3) is 4.08. The topological polar surface area (TPSA) is 50.3 Å². The lowest BCUT2D eigenvalue weighted by molar-refractivity contribution is 0.414. The lowest BCUT2D eigenvalue weighted by atomic mass is 10.2. The molecule has 0 fully saturated rings. The number of nitrogens with zero attached hydrogens (tertiary/aromatic N) is 3. The molecule has 0 radical (unpaired) electrons. The summed E-state index contributed by atoms with van der Waals surface area (Å²) in [6, 6.07) is 9.98. The van der Waals surface area contributed by atoms with E-state index in [0.717, 1.165) is 37.0 Å². The number of anilines is 2. The fourth-order valence-electron chi connectivity index (χ4n) is 2.10. The molecule has 0 aliphatic heterocycles. The first-order valence-corrected chi connectivity index (χ1v) is 7.20. The van der Waals surface area contributed by atoms with Crippen molar-refractivity contribution in [1.29, 1.82) is 0 Å². The van der Waals surface area contributed by atoms with Crippen LogP contribution in [0.15, 0.2) is 36.7 Å². The van der Waals surface area contributed by atoms with Crippen LogP contribution in [0.1, 0.15) is 19.4 Å². The van der Waals surface area contributed by atoms with Gasteiger partial charge in [0.05, 0.1) is 7.11 Å². The molecule has 0 saturated carbocycles. The molecule has 0 unspecified atom stereocenters. The summed E-state index contributed by atoms with van der Waals surface area (Å²) in [7, 11) is 1.67. The molecule has 0 aliphatic carbocycles. The molecular weight excluding hydrogens is 264 g/mol. The van der Waals surface area contributed by atoms with Gasteiger partial charge in [0.1, 0.15) is 23.7 Å². The van der Waals surface area contributed by atoms with E-state index in [1.54, 1.807) is 13.4 Å². The Morgan fingerprint density at radius 3 is 2.43 bits per heavy atom. The maximum absolute atomic E-state index is 5.15.